The number of fused-ring (bicyclic) bond motifs is 1. The van der Waals surface area contributed by atoms with E-state index in [0.717, 1.165) is 69.2 Å². The Hall–Kier alpha value is -3.58. The minimum Gasteiger partial charge on any atom is -0.308 e. The van der Waals surface area contributed by atoms with Crippen LogP contribution in [0.5, 0.6) is 0 Å². The molecular formula is C25H23N5OS. The lowest BCUT2D eigenvalue weighted by molar-refractivity contribution is 0.745. The highest BCUT2D eigenvalue weighted by atomic mass is 32.1. The Balaban J connectivity index is 1.51. The van der Waals surface area contributed by atoms with Gasteiger partial charge < -0.3 is 4.57 Å². The number of pyridine rings is 1. The molecule has 6 nitrogen and oxygen atoms in total. The van der Waals surface area contributed by atoms with E-state index < -0.39 is 0 Å². The Morgan fingerprint density at radius 3 is 2.44 bits per heavy atom. The summed E-state index contributed by atoms with van der Waals surface area (Å²) in [5, 5.41) is 7.37. The average Bonchev–Trinajstić information content (AvgIpc) is 3.38. The summed E-state index contributed by atoms with van der Waals surface area (Å²) in [6, 6.07) is 18.6. The maximum absolute atomic E-state index is 11.6. The predicted molar refractivity (Wildman–Crippen MR) is 129 cm³/mol. The van der Waals surface area contributed by atoms with Gasteiger partial charge in [-0.3, -0.25) is 4.79 Å². The van der Waals surface area contributed by atoms with E-state index in [1.54, 1.807) is 0 Å². The zero-order chi connectivity index (χ0) is 22.2. The lowest BCUT2D eigenvalue weighted by Gasteiger charge is -2.11. The van der Waals surface area contributed by atoms with E-state index in [1.807, 2.05) is 25.1 Å². The molecule has 0 aliphatic rings. The second-order valence-corrected chi connectivity index (χ2v) is 8.84. The van der Waals surface area contributed by atoms with Crippen LogP contribution >= 0.6 is 11.3 Å². The number of nitrogens with one attached hydrogen (secondary N) is 1. The first kappa shape index (κ1) is 20.3. The van der Waals surface area contributed by atoms with E-state index in [9.17, 15) is 4.79 Å². The van der Waals surface area contributed by atoms with Gasteiger partial charge in [-0.1, -0.05) is 66.8 Å². The summed E-state index contributed by atoms with van der Waals surface area (Å²) in [5.74, 6) is 1.05. The largest absolute Gasteiger partial charge is 0.322 e. The average molecular weight is 442 g/mol. The molecule has 5 rings (SSSR count). The molecule has 0 amide bonds. The van der Waals surface area contributed by atoms with Crippen LogP contribution in [0, 0.1) is 13.8 Å². The second kappa shape index (κ2) is 8.16. The van der Waals surface area contributed by atoms with Crippen molar-refractivity contribution in [3.05, 3.63) is 86.9 Å². The number of aromatic nitrogens is 5. The third kappa shape index (κ3) is 3.65. The number of nitrogens with zero attached hydrogens (tertiary/aromatic N) is 4. The van der Waals surface area contributed by atoms with Gasteiger partial charge >= 0.3 is 4.87 Å². The summed E-state index contributed by atoms with van der Waals surface area (Å²) >= 11 is 1.12. The first-order valence-corrected chi connectivity index (χ1v) is 11.4. The molecule has 0 saturated carbocycles. The van der Waals surface area contributed by atoms with Gasteiger partial charge in [-0.25, -0.2) is 15.1 Å². The highest BCUT2D eigenvalue weighted by Gasteiger charge is 2.14. The monoisotopic (exact) mass is 441 g/mol. The summed E-state index contributed by atoms with van der Waals surface area (Å²) in [5.41, 5.74) is 8.37. The van der Waals surface area contributed by atoms with Gasteiger partial charge in [-0.2, -0.15) is 5.10 Å². The molecule has 2 aromatic carbocycles. The quantitative estimate of drug-likeness (QED) is 0.410. The van der Waals surface area contributed by atoms with Gasteiger partial charge in [0.05, 0.1) is 6.54 Å². The van der Waals surface area contributed by atoms with Gasteiger partial charge in [0, 0.05) is 17.7 Å². The third-order valence-corrected chi connectivity index (χ3v) is 6.40. The topological polar surface area (TPSA) is 76.5 Å². The summed E-state index contributed by atoms with van der Waals surface area (Å²) in [4.78, 5) is 21.1. The molecule has 5 aromatic rings. The maximum atomic E-state index is 11.6. The van der Waals surface area contributed by atoms with Crippen LogP contribution in [0.15, 0.2) is 59.4 Å². The van der Waals surface area contributed by atoms with Crippen LogP contribution in [-0.2, 0) is 13.0 Å². The number of rotatable bonds is 5. The normalized spacial score (nSPS) is 11.3. The molecule has 0 spiro atoms. The standard InChI is InChI=1S/C25H23N5OS/c1-4-21-27-22-15(2)13-16(3)26-23(22)30(21)14-17-9-11-18(12-10-17)19-7-5-6-8-20(19)24-28-29-25(31)32-24/h5-13H,4,14H2,1-3H3,(H,29,31). The van der Waals surface area contributed by atoms with Crippen molar-refractivity contribution in [1.82, 2.24) is 24.7 Å². The van der Waals surface area contributed by atoms with Gasteiger partial charge in [0.2, 0.25) is 0 Å². The molecule has 3 heterocycles. The van der Waals surface area contributed by atoms with Crippen molar-refractivity contribution >= 4 is 22.5 Å². The Kier molecular flexibility index (Phi) is 5.19. The van der Waals surface area contributed by atoms with E-state index in [4.69, 9.17) is 9.97 Å². The van der Waals surface area contributed by atoms with E-state index in [0.29, 0.717) is 5.01 Å². The summed E-state index contributed by atoms with van der Waals surface area (Å²) in [7, 11) is 0. The molecule has 7 heteroatoms. The van der Waals surface area contributed by atoms with Crippen LogP contribution < -0.4 is 4.87 Å². The van der Waals surface area contributed by atoms with Crippen molar-refractivity contribution in [3.63, 3.8) is 0 Å². The molecule has 0 aliphatic carbocycles. The number of H-pyrrole nitrogens is 1. The lowest BCUT2D eigenvalue weighted by atomic mass is 9.99. The maximum Gasteiger partial charge on any atom is 0.322 e. The number of aromatic amines is 1. The van der Waals surface area contributed by atoms with Crippen LogP contribution in [-0.4, -0.2) is 24.7 Å². The fourth-order valence-electron chi connectivity index (χ4n) is 4.12. The number of hydrogen-bond acceptors (Lipinski definition) is 5. The predicted octanol–water partition coefficient (Wildman–Crippen LogP) is 5.14. The summed E-state index contributed by atoms with van der Waals surface area (Å²) in [6.45, 7) is 6.97. The first-order chi connectivity index (χ1) is 15.5. The Labute approximate surface area is 189 Å². The molecule has 0 radical (unpaired) electrons. The van der Waals surface area contributed by atoms with Crippen LogP contribution in [0.25, 0.3) is 32.9 Å². The second-order valence-electron chi connectivity index (χ2n) is 7.88. The molecule has 0 unspecified atom stereocenters. The number of aryl methyl sites for hydroxylation is 3. The molecule has 1 N–H and O–H groups in total. The van der Waals surface area contributed by atoms with Crippen LogP contribution in [0.2, 0.25) is 0 Å². The zero-order valence-corrected chi connectivity index (χ0v) is 19.0. The van der Waals surface area contributed by atoms with Crippen LogP contribution in [0.1, 0.15) is 29.6 Å². The van der Waals surface area contributed by atoms with Gasteiger partial charge in [0.1, 0.15) is 16.3 Å². The van der Waals surface area contributed by atoms with E-state index >= 15 is 0 Å². The molecule has 3 aromatic heterocycles. The first-order valence-electron chi connectivity index (χ1n) is 10.6. The van der Waals surface area contributed by atoms with Crippen molar-refractivity contribution in [2.24, 2.45) is 0 Å². The van der Waals surface area contributed by atoms with Crippen molar-refractivity contribution < 1.29 is 0 Å². The van der Waals surface area contributed by atoms with Gasteiger partial charge in [-0.05, 0) is 42.2 Å². The molecule has 160 valence electrons. The molecule has 0 atom stereocenters. The van der Waals surface area contributed by atoms with Crippen LogP contribution in [0.3, 0.4) is 0 Å². The van der Waals surface area contributed by atoms with E-state index in [1.165, 1.54) is 5.56 Å². The van der Waals surface area contributed by atoms with Crippen molar-refractivity contribution in [1.29, 1.82) is 0 Å². The van der Waals surface area contributed by atoms with Gasteiger partial charge in [0.15, 0.2) is 5.65 Å². The van der Waals surface area contributed by atoms with Crippen molar-refractivity contribution in [2.75, 3.05) is 0 Å². The zero-order valence-electron chi connectivity index (χ0n) is 18.2. The van der Waals surface area contributed by atoms with E-state index in [2.05, 4.69) is 65.0 Å². The summed E-state index contributed by atoms with van der Waals surface area (Å²) in [6.07, 6.45) is 0.854. The van der Waals surface area contributed by atoms with Gasteiger partial charge in [-0.15, -0.1) is 0 Å². The van der Waals surface area contributed by atoms with E-state index in [-0.39, 0.29) is 4.87 Å². The Morgan fingerprint density at radius 1 is 1.00 bits per heavy atom. The smallest absolute Gasteiger partial charge is 0.308 e. The molecule has 0 saturated heterocycles. The van der Waals surface area contributed by atoms with Crippen LogP contribution in [0.4, 0.5) is 0 Å². The highest BCUT2D eigenvalue weighted by molar-refractivity contribution is 7.12. The molecule has 0 fully saturated rings. The fraction of sp³-hybridized carbons (Fsp3) is 0.200. The number of imidazole rings is 1. The fourth-order valence-corrected chi connectivity index (χ4v) is 4.77. The SMILES string of the molecule is CCc1nc2c(C)cc(C)nc2n1Cc1ccc(-c2ccccc2-c2n[nH]c(=O)s2)cc1. The van der Waals surface area contributed by atoms with Gasteiger partial charge in [0.25, 0.3) is 0 Å². The highest BCUT2D eigenvalue weighted by Crippen LogP contribution is 2.32. The Morgan fingerprint density at radius 2 is 1.75 bits per heavy atom. The summed E-state index contributed by atoms with van der Waals surface area (Å²) < 4.78 is 2.22. The third-order valence-electron chi connectivity index (χ3n) is 5.62. The number of hydrogen-bond donors (Lipinski definition) is 1. The minimum absolute atomic E-state index is 0.150. The minimum atomic E-state index is -0.150. The number of benzene rings is 2. The lowest BCUT2D eigenvalue weighted by Crippen LogP contribution is -2.05. The molecular weight excluding hydrogens is 418 g/mol. The Bertz CT molecular complexity index is 1480. The van der Waals surface area contributed by atoms with Crippen molar-refractivity contribution in [3.8, 4) is 21.7 Å². The molecule has 0 aliphatic heterocycles. The molecule has 0 bridgehead atoms. The molecule has 32 heavy (non-hydrogen) atoms. The van der Waals surface area contributed by atoms with Crippen molar-refractivity contribution in [2.45, 2.75) is 33.7 Å².